The lowest BCUT2D eigenvalue weighted by molar-refractivity contribution is 0.154. The molecule has 114 valence electrons. The van der Waals surface area contributed by atoms with Gasteiger partial charge in [-0.3, -0.25) is 4.90 Å². The first-order valence-corrected chi connectivity index (χ1v) is 7.53. The van der Waals surface area contributed by atoms with E-state index in [-0.39, 0.29) is 0 Å². The summed E-state index contributed by atoms with van der Waals surface area (Å²) in [6.07, 6.45) is 0. The van der Waals surface area contributed by atoms with Crippen molar-refractivity contribution in [3.05, 3.63) is 0 Å². The molecule has 1 aliphatic rings. The summed E-state index contributed by atoms with van der Waals surface area (Å²) in [7, 11) is 8.66. The molecule has 0 unspecified atom stereocenters. The largest absolute Gasteiger partial charge is 0.314 e. The van der Waals surface area contributed by atoms with Crippen molar-refractivity contribution in [1.29, 1.82) is 0 Å². The van der Waals surface area contributed by atoms with E-state index in [0.717, 1.165) is 32.7 Å². The molecule has 0 saturated carbocycles. The molecule has 0 bridgehead atoms. The van der Waals surface area contributed by atoms with E-state index in [2.05, 4.69) is 53.1 Å². The second-order valence-corrected chi connectivity index (χ2v) is 6.00. The van der Waals surface area contributed by atoms with E-state index >= 15 is 0 Å². The van der Waals surface area contributed by atoms with Gasteiger partial charge < -0.3 is 20.0 Å². The van der Waals surface area contributed by atoms with Crippen LogP contribution in [0.5, 0.6) is 0 Å². The lowest BCUT2D eigenvalue weighted by Gasteiger charge is -2.32. The normalized spacial score (nSPS) is 18.6. The Morgan fingerprint density at radius 1 is 0.895 bits per heavy atom. The van der Waals surface area contributed by atoms with Crippen LogP contribution in [0.3, 0.4) is 0 Å². The highest BCUT2D eigenvalue weighted by Crippen LogP contribution is 1.97. The fourth-order valence-electron chi connectivity index (χ4n) is 2.19. The molecule has 5 heteroatoms. The Balaban J connectivity index is 1.90. The van der Waals surface area contributed by atoms with Crippen LogP contribution in [0.2, 0.25) is 0 Å². The quantitative estimate of drug-likeness (QED) is 0.560. The number of nitrogens with one attached hydrogen (secondary N) is 1. The summed E-state index contributed by atoms with van der Waals surface area (Å²) in [4.78, 5) is 9.59. The maximum Gasteiger partial charge on any atom is 0.0110 e. The third-order valence-electron chi connectivity index (χ3n) is 3.80. The lowest BCUT2D eigenvalue weighted by Crippen LogP contribution is -2.46. The minimum atomic E-state index is 1.09. The molecule has 1 heterocycles. The smallest absolute Gasteiger partial charge is 0.0110 e. The fourth-order valence-corrected chi connectivity index (χ4v) is 2.19. The van der Waals surface area contributed by atoms with Gasteiger partial charge in [0.2, 0.25) is 0 Å². The Kier molecular flexibility index (Phi) is 8.57. The molecule has 5 nitrogen and oxygen atoms in total. The van der Waals surface area contributed by atoms with Gasteiger partial charge in [0.05, 0.1) is 0 Å². The van der Waals surface area contributed by atoms with Gasteiger partial charge in [0.1, 0.15) is 0 Å². The van der Waals surface area contributed by atoms with Crippen LogP contribution in [0.4, 0.5) is 0 Å². The van der Waals surface area contributed by atoms with Gasteiger partial charge in [-0.15, -0.1) is 0 Å². The second-order valence-electron chi connectivity index (χ2n) is 6.00. The highest BCUT2D eigenvalue weighted by molar-refractivity contribution is 4.69. The summed E-state index contributed by atoms with van der Waals surface area (Å²) in [5, 5.41) is 3.55. The van der Waals surface area contributed by atoms with Crippen molar-refractivity contribution >= 4 is 0 Å². The van der Waals surface area contributed by atoms with Gasteiger partial charge >= 0.3 is 0 Å². The second kappa shape index (κ2) is 9.66. The number of hydrogen-bond donors (Lipinski definition) is 1. The zero-order chi connectivity index (χ0) is 14.1. The lowest BCUT2D eigenvalue weighted by atomic mass is 10.3. The summed E-state index contributed by atoms with van der Waals surface area (Å²) < 4.78 is 0. The standard InChI is InChI=1S/C14H33N5/c1-16(2)9-10-17(3)7-5-15-6-8-19-13-11-18(4)12-14-19/h15H,5-14H2,1-4H3. The van der Waals surface area contributed by atoms with Gasteiger partial charge in [-0.05, 0) is 28.2 Å². The molecular weight excluding hydrogens is 238 g/mol. The van der Waals surface area contributed by atoms with Gasteiger partial charge in [0.15, 0.2) is 0 Å². The molecule has 0 atom stereocenters. The van der Waals surface area contributed by atoms with E-state index in [0.29, 0.717) is 0 Å². The minimum Gasteiger partial charge on any atom is -0.314 e. The molecule has 19 heavy (non-hydrogen) atoms. The molecular formula is C14H33N5. The molecule has 0 spiro atoms. The van der Waals surface area contributed by atoms with Gasteiger partial charge in [0, 0.05) is 65.4 Å². The van der Waals surface area contributed by atoms with Gasteiger partial charge in [0.25, 0.3) is 0 Å². The molecule has 0 aromatic heterocycles. The summed E-state index contributed by atoms with van der Waals surface area (Å²) in [5.41, 5.74) is 0. The number of likely N-dealkylation sites (N-methyl/N-ethyl adjacent to an activating group) is 3. The Bertz CT molecular complexity index is 214. The first-order chi connectivity index (χ1) is 9.08. The molecule has 1 aliphatic heterocycles. The van der Waals surface area contributed by atoms with Gasteiger partial charge in [-0.1, -0.05) is 0 Å². The van der Waals surface area contributed by atoms with Crippen LogP contribution in [0.25, 0.3) is 0 Å². The monoisotopic (exact) mass is 271 g/mol. The summed E-state index contributed by atoms with van der Waals surface area (Å²) in [5.74, 6) is 0. The van der Waals surface area contributed by atoms with Crippen molar-refractivity contribution < 1.29 is 0 Å². The Hall–Kier alpha value is -0.200. The number of nitrogens with zero attached hydrogens (tertiary/aromatic N) is 4. The minimum absolute atomic E-state index is 1.09. The van der Waals surface area contributed by atoms with E-state index in [9.17, 15) is 0 Å². The average molecular weight is 271 g/mol. The van der Waals surface area contributed by atoms with Gasteiger partial charge in [-0.2, -0.15) is 0 Å². The molecule has 0 aromatic rings. The molecule has 1 fully saturated rings. The van der Waals surface area contributed by atoms with Crippen molar-refractivity contribution in [2.45, 2.75) is 0 Å². The zero-order valence-corrected chi connectivity index (χ0v) is 13.4. The molecule has 0 aliphatic carbocycles. The predicted octanol–water partition coefficient (Wildman–Crippen LogP) is -0.683. The van der Waals surface area contributed by atoms with E-state index in [4.69, 9.17) is 0 Å². The highest BCUT2D eigenvalue weighted by Gasteiger charge is 2.12. The van der Waals surface area contributed by atoms with E-state index in [1.165, 1.54) is 32.7 Å². The van der Waals surface area contributed by atoms with Crippen LogP contribution in [0, 0.1) is 0 Å². The summed E-state index contributed by atoms with van der Waals surface area (Å²) in [6, 6.07) is 0. The van der Waals surface area contributed by atoms with Crippen LogP contribution >= 0.6 is 0 Å². The number of piperazine rings is 1. The first kappa shape index (κ1) is 16.9. The predicted molar refractivity (Wildman–Crippen MR) is 82.9 cm³/mol. The maximum atomic E-state index is 3.55. The van der Waals surface area contributed by atoms with Crippen LogP contribution in [0.1, 0.15) is 0 Å². The number of hydrogen-bond acceptors (Lipinski definition) is 5. The van der Waals surface area contributed by atoms with Crippen molar-refractivity contribution in [3.8, 4) is 0 Å². The van der Waals surface area contributed by atoms with E-state index < -0.39 is 0 Å². The maximum absolute atomic E-state index is 3.55. The molecule has 0 amide bonds. The summed E-state index contributed by atoms with van der Waals surface area (Å²) in [6.45, 7) is 11.7. The molecule has 0 aromatic carbocycles. The third kappa shape index (κ3) is 8.55. The number of rotatable bonds is 9. The van der Waals surface area contributed by atoms with E-state index in [1.54, 1.807) is 0 Å². The third-order valence-corrected chi connectivity index (χ3v) is 3.80. The van der Waals surface area contributed by atoms with Crippen LogP contribution in [-0.4, -0.2) is 113 Å². The van der Waals surface area contributed by atoms with Crippen LogP contribution in [-0.2, 0) is 0 Å². The Morgan fingerprint density at radius 2 is 1.58 bits per heavy atom. The summed E-state index contributed by atoms with van der Waals surface area (Å²) >= 11 is 0. The molecule has 1 N–H and O–H groups in total. The van der Waals surface area contributed by atoms with Crippen LogP contribution in [0.15, 0.2) is 0 Å². The molecule has 1 rings (SSSR count). The Labute approximate surface area is 119 Å². The first-order valence-electron chi connectivity index (χ1n) is 7.53. The van der Waals surface area contributed by atoms with Crippen molar-refractivity contribution in [2.24, 2.45) is 0 Å². The van der Waals surface area contributed by atoms with Crippen molar-refractivity contribution in [2.75, 3.05) is 93.6 Å². The fraction of sp³-hybridized carbons (Fsp3) is 1.00. The molecule has 1 saturated heterocycles. The van der Waals surface area contributed by atoms with Crippen molar-refractivity contribution in [1.82, 2.24) is 24.9 Å². The van der Waals surface area contributed by atoms with Crippen LogP contribution < -0.4 is 5.32 Å². The topological polar surface area (TPSA) is 25.0 Å². The van der Waals surface area contributed by atoms with Crippen molar-refractivity contribution in [3.63, 3.8) is 0 Å². The SMILES string of the molecule is CN(C)CCN(C)CCNCCN1CCN(C)CC1. The highest BCUT2D eigenvalue weighted by atomic mass is 15.2. The van der Waals surface area contributed by atoms with E-state index in [1.807, 2.05) is 0 Å². The average Bonchev–Trinajstić information content (AvgIpc) is 2.38. The Morgan fingerprint density at radius 3 is 2.21 bits per heavy atom. The van der Waals surface area contributed by atoms with Gasteiger partial charge in [-0.25, -0.2) is 0 Å². The zero-order valence-electron chi connectivity index (χ0n) is 13.4. The molecule has 0 radical (unpaired) electrons.